The highest BCUT2D eigenvalue weighted by Gasteiger charge is 2.15. The third kappa shape index (κ3) is 5.91. The lowest BCUT2D eigenvalue weighted by molar-refractivity contribution is -0.385. The molecule has 2 rings (SSSR count). The van der Waals surface area contributed by atoms with Crippen molar-refractivity contribution in [3.8, 4) is 11.5 Å². The summed E-state index contributed by atoms with van der Waals surface area (Å²) in [7, 11) is 0. The molecule has 0 heterocycles. The zero-order valence-electron chi connectivity index (χ0n) is 15.5. The number of nitro benzene ring substituents is 1. The van der Waals surface area contributed by atoms with Gasteiger partial charge in [0.25, 0.3) is 5.69 Å². The lowest BCUT2D eigenvalue weighted by Crippen LogP contribution is -2.20. The number of carbonyl (C=O) groups excluding carboxylic acids is 1. The van der Waals surface area contributed by atoms with Gasteiger partial charge in [0.1, 0.15) is 0 Å². The van der Waals surface area contributed by atoms with Gasteiger partial charge in [0.2, 0.25) is 5.91 Å². The minimum atomic E-state index is -0.511. The fourth-order valence-corrected chi connectivity index (χ4v) is 3.22. The maximum absolute atomic E-state index is 12.1. The molecule has 148 valence electrons. The van der Waals surface area contributed by atoms with Crippen LogP contribution in [0.2, 0.25) is 0 Å². The normalized spacial score (nSPS) is 10.7. The van der Waals surface area contributed by atoms with Crippen molar-refractivity contribution in [1.29, 1.82) is 0 Å². The Hall–Kier alpha value is -2.69. The van der Waals surface area contributed by atoms with Crippen LogP contribution in [0.1, 0.15) is 25.0 Å². The molecule has 9 heteroatoms. The first-order valence-electron chi connectivity index (χ1n) is 8.59. The Bertz CT molecular complexity index is 886. The summed E-state index contributed by atoms with van der Waals surface area (Å²) < 4.78 is 12.1. The Labute approximate surface area is 176 Å². The second-order valence-corrected chi connectivity index (χ2v) is 6.71. The number of rotatable bonds is 9. The van der Waals surface area contributed by atoms with Crippen LogP contribution >= 0.6 is 22.6 Å². The van der Waals surface area contributed by atoms with Gasteiger partial charge < -0.3 is 9.47 Å². The molecule has 8 nitrogen and oxygen atoms in total. The second-order valence-electron chi connectivity index (χ2n) is 5.55. The zero-order valence-corrected chi connectivity index (χ0v) is 17.6. The topological polar surface area (TPSA) is 103 Å². The van der Waals surface area contributed by atoms with E-state index >= 15 is 0 Å². The minimum Gasteiger partial charge on any atom is -0.490 e. The average molecular weight is 497 g/mol. The Morgan fingerprint density at radius 1 is 1.25 bits per heavy atom. The number of nitrogens with one attached hydrogen (secondary N) is 1. The van der Waals surface area contributed by atoms with Gasteiger partial charge in [-0.25, -0.2) is 5.43 Å². The third-order valence-electron chi connectivity index (χ3n) is 3.56. The summed E-state index contributed by atoms with van der Waals surface area (Å²) in [5.41, 5.74) is 3.35. The van der Waals surface area contributed by atoms with Crippen LogP contribution in [0.5, 0.6) is 11.5 Å². The van der Waals surface area contributed by atoms with Gasteiger partial charge in [-0.2, -0.15) is 5.10 Å². The van der Waals surface area contributed by atoms with Crippen LogP contribution in [-0.4, -0.2) is 30.3 Å². The van der Waals surface area contributed by atoms with Gasteiger partial charge in [-0.1, -0.05) is 18.2 Å². The van der Waals surface area contributed by atoms with E-state index < -0.39 is 10.8 Å². The molecule has 0 aromatic heterocycles. The summed E-state index contributed by atoms with van der Waals surface area (Å²) in [5.74, 6) is 0.822. The van der Waals surface area contributed by atoms with Crippen LogP contribution in [0, 0.1) is 13.7 Å². The maximum atomic E-state index is 12.1. The van der Waals surface area contributed by atoms with Crippen LogP contribution in [0.3, 0.4) is 0 Å². The van der Waals surface area contributed by atoms with Crippen molar-refractivity contribution >= 4 is 40.4 Å². The number of hydrazone groups is 1. The predicted molar refractivity (Wildman–Crippen MR) is 114 cm³/mol. The van der Waals surface area contributed by atoms with Crippen molar-refractivity contribution in [3.63, 3.8) is 0 Å². The van der Waals surface area contributed by atoms with Crippen molar-refractivity contribution in [3.05, 3.63) is 61.2 Å². The average Bonchev–Trinajstić information content (AvgIpc) is 2.65. The molecule has 0 spiro atoms. The molecule has 1 N–H and O–H groups in total. The van der Waals surface area contributed by atoms with E-state index in [0.29, 0.717) is 30.3 Å². The SMILES string of the molecule is CCOc1cc(/C=N/NC(=O)Cc2ccccc2[N+](=O)[O-])cc(I)c1OCC. The van der Waals surface area contributed by atoms with Crippen LogP contribution in [0.15, 0.2) is 41.5 Å². The van der Waals surface area contributed by atoms with Crippen LogP contribution in [0.25, 0.3) is 0 Å². The van der Waals surface area contributed by atoms with E-state index in [-0.39, 0.29) is 12.1 Å². The van der Waals surface area contributed by atoms with E-state index in [9.17, 15) is 14.9 Å². The Morgan fingerprint density at radius 2 is 1.96 bits per heavy atom. The molecule has 0 bridgehead atoms. The number of carbonyl (C=O) groups is 1. The lowest BCUT2D eigenvalue weighted by atomic mass is 10.1. The molecule has 2 aromatic carbocycles. The van der Waals surface area contributed by atoms with Crippen LogP contribution in [-0.2, 0) is 11.2 Å². The van der Waals surface area contributed by atoms with E-state index in [1.54, 1.807) is 24.3 Å². The fraction of sp³-hybridized carbons (Fsp3) is 0.263. The molecule has 1 amide bonds. The Morgan fingerprint density at radius 3 is 2.64 bits per heavy atom. The first kappa shape index (κ1) is 21.6. The number of hydrogen-bond donors (Lipinski definition) is 1. The highest BCUT2D eigenvalue weighted by Crippen LogP contribution is 2.33. The van der Waals surface area contributed by atoms with Gasteiger partial charge in [-0.15, -0.1) is 0 Å². The van der Waals surface area contributed by atoms with Crippen LogP contribution < -0.4 is 14.9 Å². The summed E-state index contributed by atoms with van der Waals surface area (Å²) in [4.78, 5) is 22.6. The molecule has 2 aromatic rings. The van der Waals surface area contributed by atoms with Gasteiger partial charge >= 0.3 is 0 Å². The number of hydrogen-bond acceptors (Lipinski definition) is 6. The van der Waals surface area contributed by atoms with Crippen molar-refractivity contribution in [1.82, 2.24) is 5.43 Å². The van der Waals surface area contributed by atoms with Gasteiger partial charge in [-0.3, -0.25) is 14.9 Å². The van der Waals surface area contributed by atoms with Crippen molar-refractivity contribution in [2.75, 3.05) is 13.2 Å². The number of amides is 1. The number of nitrogens with zero attached hydrogens (tertiary/aromatic N) is 2. The first-order chi connectivity index (χ1) is 13.5. The van der Waals surface area contributed by atoms with E-state index in [1.807, 2.05) is 19.9 Å². The molecule has 0 aliphatic heterocycles. The molecule has 0 aliphatic carbocycles. The first-order valence-corrected chi connectivity index (χ1v) is 9.67. The van der Waals surface area contributed by atoms with E-state index in [2.05, 4.69) is 33.1 Å². The molecule has 0 radical (unpaired) electrons. The van der Waals surface area contributed by atoms with E-state index in [0.717, 1.165) is 9.13 Å². The van der Waals surface area contributed by atoms with E-state index in [1.165, 1.54) is 12.3 Å². The van der Waals surface area contributed by atoms with Gasteiger partial charge in [0.05, 0.1) is 34.3 Å². The van der Waals surface area contributed by atoms with Crippen molar-refractivity contribution in [2.45, 2.75) is 20.3 Å². The smallest absolute Gasteiger partial charge is 0.273 e. The molecular weight excluding hydrogens is 477 g/mol. The summed E-state index contributed by atoms with van der Waals surface area (Å²) in [6, 6.07) is 9.74. The largest absolute Gasteiger partial charge is 0.490 e. The van der Waals surface area contributed by atoms with Crippen molar-refractivity contribution < 1.29 is 19.2 Å². The number of para-hydroxylation sites is 1. The zero-order chi connectivity index (χ0) is 20.5. The number of ether oxygens (including phenoxy) is 2. The molecule has 0 saturated carbocycles. The molecular formula is C19H20IN3O5. The van der Waals surface area contributed by atoms with Gasteiger partial charge in [0, 0.05) is 11.6 Å². The minimum absolute atomic E-state index is 0.0935. The summed E-state index contributed by atoms with van der Waals surface area (Å²) in [6.07, 6.45) is 1.34. The molecule has 0 unspecified atom stereocenters. The second kappa shape index (κ2) is 10.6. The molecule has 28 heavy (non-hydrogen) atoms. The number of nitro groups is 1. The summed E-state index contributed by atoms with van der Waals surface area (Å²) >= 11 is 2.15. The monoisotopic (exact) mass is 497 g/mol. The van der Waals surface area contributed by atoms with Gasteiger partial charge in [-0.05, 0) is 54.1 Å². The number of benzene rings is 2. The predicted octanol–water partition coefficient (Wildman–Crippen LogP) is 3.69. The Kier molecular flexibility index (Phi) is 8.18. The standard InChI is InChI=1S/C19H20IN3O5/c1-3-27-17-10-13(9-15(20)19(17)28-4-2)12-21-22-18(24)11-14-7-5-6-8-16(14)23(25)26/h5-10,12H,3-4,11H2,1-2H3,(H,22,24)/b21-12+. The number of halogens is 1. The molecule has 0 atom stereocenters. The maximum Gasteiger partial charge on any atom is 0.273 e. The lowest BCUT2D eigenvalue weighted by Gasteiger charge is -2.13. The van der Waals surface area contributed by atoms with E-state index in [4.69, 9.17) is 9.47 Å². The molecule has 0 saturated heterocycles. The molecule has 0 aliphatic rings. The fourth-order valence-electron chi connectivity index (χ4n) is 2.44. The third-order valence-corrected chi connectivity index (χ3v) is 4.36. The van der Waals surface area contributed by atoms with Crippen LogP contribution in [0.4, 0.5) is 5.69 Å². The van der Waals surface area contributed by atoms with Gasteiger partial charge in [0.15, 0.2) is 11.5 Å². The quantitative estimate of drug-likeness (QED) is 0.247. The van der Waals surface area contributed by atoms with Crippen molar-refractivity contribution in [2.24, 2.45) is 5.10 Å². The summed E-state index contributed by atoms with van der Waals surface area (Å²) in [6.45, 7) is 4.79. The summed E-state index contributed by atoms with van der Waals surface area (Å²) in [5, 5.41) is 15.0. The highest BCUT2D eigenvalue weighted by molar-refractivity contribution is 14.1. The highest BCUT2D eigenvalue weighted by atomic mass is 127. The Balaban J connectivity index is 2.08. The molecule has 0 fully saturated rings.